The Morgan fingerprint density at radius 3 is 2.44 bits per heavy atom. The van der Waals surface area contributed by atoms with Gasteiger partial charge < -0.3 is 20.5 Å². The smallest absolute Gasteiger partial charge is 0.408 e. The lowest BCUT2D eigenvalue weighted by molar-refractivity contribution is -0.143. The van der Waals surface area contributed by atoms with Gasteiger partial charge in [0.25, 0.3) is 0 Å². The Hall–Kier alpha value is -1.79. The van der Waals surface area contributed by atoms with E-state index >= 15 is 0 Å². The van der Waals surface area contributed by atoms with Crippen molar-refractivity contribution in [2.24, 2.45) is 0 Å². The van der Waals surface area contributed by atoms with E-state index in [4.69, 9.17) is 9.84 Å². The predicted molar refractivity (Wildman–Crippen MR) is 62.0 cm³/mol. The molecule has 0 bridgehead atoms. The van der Waals surface area contributed by atoms with Gasteiger partial charge in [-0.25, -0.2) is 9.59 Å². The molecule has 102 valence electrons. The maximum absolute atomic E-state index is 11.6. The Kier molecular flexibility index (Phi) is 4.15. The maximum Gasteiger partial charge on any atom is 0.408 e. The van der Waals surface area contributed by atoms with Crippen LogP contribution in [0.15, 0.2) is 0 Å². The number of carbonyl (C=O) groups is 3. The third-order valence-electron chi connectivity index (χ3n) is 2.37. The second kappa shape index (κ2) is 5.24. The first-order valence-electron chi connectivity index (χ1n) is 5.72. The minimum absolute atomic E-state index is 0.279. The molecule has 1 aliphatic rings. The Bertz CT molecular complexity index is 361. The highest BCUT2D eigenvalue weighted by Gasteiger charge is 2.33. The average molecular weight is 258 g/mol. The molecular formula is C11H18N2O5. The molecule has 1 fully saturated rings. The van der Waals surface area contributed by atoms with Gasteiger partial charge in [0, 0.05) is 0 Å². The molecule has 0 aromatic heterocycles. The van der Waals surface area contributed by atoms with Gasteiger partial charge in [-0.15, -0.1) is 0 Å². The molecule has 3 N–H and O–H groups in total. The summed E-state index contributed by atoms with van der Waals surface area (Å²) >= 11 is 0. The van der Waals surface area contributed by atoms with Gasteiger partial charge >= 0.3 is 12.1 Å². The van der Waals surface area contributed by atoms with Crippen molar-refractivity contribution in [3.05, 3.63) is 0 Å². The third kappa shape index (κ3) is 4.23. The molecule has 0 spiro atoms. The summed E-state index contributed by atoms with van der Waals surface area (Å²) in [4.78, 5) is 33.7. The number of hydrogen-bond donors (Lipinski definition) is 3. The maximum atomic E-state index is 11.6. The van der Waals surface area contributed by atoms with Crippen LogP contribution in [-0.2, 0) is 14.3 Å². The summed E-state index contributed by atoms with van der Waals surface area (Å²) in [5, 5.41) is 13.5. The predicted octanol–water partition coefficient (Wildman–Crippen LogP) is 0.243. The SMILES string of the molecule is CC(C)(C)OC(=O)N[C@H]1CC[C@@H](C(=O)O)NC1=O. The first kappa shape index (κ1) is 14.3. The first-order chi connectivity index (χ1) is 8.19. The van der Waals surface area contributed by atoms with Gasteiger partial charge in [-0.1, -0.05) is 0 Å². The van der Waals surface area contributed by atoms with Crippen LogP contribution in [0.2, 0.25) is 0 Å². The molecule has 0 aliphatic carbocycles. The van der Waals surface area contributed by atoms with Crippen LogP contribution in [0, 0.1) is 0 Å². The van der Waals surface area contributed by atoms with Gasteiger partial charge in [0.2, 0.25) is 5.91 Å². The molecule has 1 aliphatic heterocycles. The van der Waals surface area contributed by atoms with E-state index < -0.39 is 35.7 Å². The number of ether oxygens (including phenoxy) is 1. The second-order valence-electron chi connectivity index (χ2n) is 5.18. The molecule has 7 heteroatoms. The Labute approximate surface area is 105 Å². The van der Waals surface area contributed by atoms with Crippen LogP contribution in [0.4, 0.5) is 4.79 Å². The third-order valence-corrected chi connectivity index (χ3v) is 2.37. The Balaban J connectivity index is 2.48. The van der Waals surface area contributed by atoms with Crippen molar-refractivity contribution in [2.75, 3.05) is 0 Å². The molecule has 1 heterocycles. The van der Waals surface area contributed by atoms with Crippen molar-refractivity contribution in [3.8, 4) is 0 Å². The van der Waals surface area contributed by atoms with Gasteiger partial charge in [-0.3, -0.25) is 4.79 Å². The van der Waals surface area contributed by atoms with E-state index in [0.717, 1.165) is 0 Å². The summed E-state index contributed by atoms with van der Waals surface area (Å²) in [5.74, 6) is -1.57. The topological polar surface area (TPSA) is 105 Å². The highest BCUT2D eigenvalue weighted by molar-refractivity contribution is 5.90. The van der Waals surface area contributed by atoms with Crippen LogP contribution in [0.1, 0.15) is 33.6 Å². The van der Waals surface area contributed by atoms with Crippen molar-refractivity contribution >= 4 is 18.0 Å². The summed E-state index contributed by atoms with van der Waals surface area (Å²) in [6, 6.07) is -1.62. The van der Waals surface area contributed by atoms with Crippen LogP contribution < -0.4 is 10.6 Å². The second-order valence-corrected chi connectivity index (χ2v) is 5.18. The number of amides is 2. The Morgan fingerprint density at radius 1 is 1.39 bits per heavy atom. The number of rotatable bonds is 2. The monoisotopic (exact) mass is 258 g/mol. The van der Waals surface area contributed by atoms with Crippen LogP contribution in [-0.4, -0.2) is 40.8 Å². The van der Waals surface area contributed by atoms with Crippen LogP contribution in [0.25, 0.3) is 0 Å². The molecule has 1 rings (SSSR count). The lowest BCUT2D eigenvalue weighted by atomic mass is 10.0. The highest BCUT2D eigenvalue weighted by Crippen LogP contribution is 2.11. The number of nitrogens with one attached hydrogen (secondary N) is 2. The van der Waals surface area contributed by atoms with Crippen molar-refractivity contribution in [1.82, 2.24) is 10.6 Å². The zero-order valence-electron chi connectivity index (χ0n) is 10.6. The number of aliphatic carboxylic acids is 1. The quantitative estimate of drug-likeness (QED) is 0.658. The summed E-state index contributed by atoms with van der Waals surface area (Å²) in [6.07, 6.45) is -0.125. The molecule has 0 unspecified atom stereocenters. The molecule has 0 radical (unpaired) electrons. The number of carbonyl (C=O) groups excluding carboxylic acids is 2. The van der Waals surface area contributed by atoms with Gasteiger partial charge in [-0.05, 0) is 33.6 Å². The van der Waals surface area contributed by atoms with Crippen molar-refractivity contribution in [1.29, 1.82) is 0 Å². The molecule has 0 aromatic rings. The molecule has 0 saturated carbocycles. The zero-order valence-corrected chi connectivity index (χ0v) is 10.6. The van der Waals surface area contributed by atoms with Crippen molar-refractivity contribution in [2.45, 2.75) is 51.3 Å². The Morgan fingerprint density at radius 2 is 2.00 bits per heavy atom. The molecule has 1 saturated heterocycles. The van der Waals surface area contributed by atoms with E-state index in [0.29, 0.717) is 0 Å². The minimum Gasteiger partial charge on any atom is -0.480 e. The normalized spacial score (nSPS) is 24.1. The molecule has 0 aromatic carbocycles. The number of carboxylic acids is 1. The minimum atomic E-state index is -1.07. The van der Waals surface area contributed by atoms with E-state index in [1.54, 1.807) is 20.8 Å². The lowest BCUT2D eigenvalue weighted by Gasteiger charge is -2.28. The van der Waals surface area contributed by atoms with Crippen molar-refractivity contribution in [3.63, 3.8) is 0 Å². The van der Waals surface area contributed by atoms with Gasteiger partial charge in [-0.2, -0.15) is 0 Å². The van der Waals surface area contributed by atoms with Crippen LogP contribution in [0.5, 0.6) is 0 Å². The first-order valence-corrected chi connectivity index (χ1v) is 5.72. The van der Waals surface area contributed by atoms with Gasteiger partial charge in [0.15, 0.2) is 0 Å². The highest BCUT2D eigenvalue weighted by atomic mass is 16.6. The van der Waals surface area contributed by atoms with Crippen LogP contribution >= 0.6 is 0 Å². The fourth-order valence-corrected chi connectivity index (χ4v) is 1.58. The standard InChI is InChI=1S/C11H18N2O5/c1-11(2,3)18-10(17)13-6-4-5-7(9(15)16)12-8(6)14/h6-7H,4-5H2,1-3H3,(H,12,14)(H,13,17)(H,15,16)/t6-,7-/m0/s1. The van der Waals surface area contributed by atoms with E-state index in [1.165, 1.54) is 0 Å². The summed E-state index contributed by atoms with van der Waals surface area (Å²) in [6.45, 7) is 5.15. The van der Waals surface area contributed by atoms with E-state index in [1.807, 2.05) is 0 Å². The summed E-state index contributed by atoms with van der Waals surface area (Å²) < 4.78 is 5.02. The van der Waals surface area contributed by atoms with E-state index in [9.17, 15) is 14.4 Å². The molecular weight excluding hydrogens is 240 g/mol. The van der Waals surface area contributed by atoms with E-state index in [2.05, 4.69) is 10.6 Å². The molecule has 2 atom stereocenters. The average Bonchev–Trinajstić information content (AvgIpc) is 2.17. The zero-order chi connectivity index (χ0) is 13.9. The van der Waals surface area contributed by atoms with Gasteiger partial charge in [0.1, 0.15) is 17.7 Å². The molecule has 7 nitrogen and oxygen atoms in total. The number of hydrogen-bond acceptors (Lipinski definition) is 4. The fraction of sp³-hybridized carbons (Fsp3) is 0.727. The number of piperidine rings is 1. The van der Waals surface area contributed by atoms with Gasteiger partial charge in [0.05, 0.1) is 0 Å². The number of alkyl carbamates (subject to hydrolysis) is 1. The van der Waals surface area contributed by atoms with E-state index in [-0.39, 0.29) is 12.8 Å². The van der Waals surface area contributed by atoms with Crippen molar-refractivity contribution < 1.29 is 24.2 Å². The lowest BCUT2D eigenvalue weighted by Crippen LogP contribution is -2.56. The fourth-order valence-electron chi connectivity index (χ4n) is 1.58. The summed E-state index contributed by atoms with van der Waals surface area (Å²) in [7, 11) is 0. The molecule has 2 amide bonds. The van der Waals surface area contributed by atoms with Crippen LogP contribution in [0.3, 0.4) is 0 Å². The summed E-state index contributed by atoms with van der Waals surface area (Å²) in [5.41, 5.74) is -0.640. The number of carboxylic acid groups (broad SMARTS) is 1. The molecule has 18 heavy (non-hydrogen) atoms. The largest absolute Gasteiger partial charge is 0.480 e.